The van der Waals surface area contributed by atoms with Crippen LogP contribution in [-0.2, 0) is 0 Å². The predicted molar refractivity (Wildman–Crippen MR) is 65.0 cm³/mol. The fourth-order valence-electron chi connectivity index (χ4n) is 2.54. The molecule has 0 amide bonds. The van der Waals surface area contributed by atoms with Gasteiger partial charge < -0.3 is 10.4 Å². The first-order valence-electron chi connectivity index (χ1n) is 6.58. The van der Waals surface area contributed by atoms with Gasteiger partial charge in [-0.05, 0) is 44.6 Å². The highest BCUT2D eigenvalue weighted by Crippen LogP contribution is 2.35. The van der Waals surface area contributed by atoms with Crippen molar-refractivity contribution in [2.45, 2.75) is 70.9 Å². The van der Waals surface area contributed by atoms with E-state index in [1.165, 1.54) is 6.42 Å². The van der Waals surface area contributed by atoms with E-state index in [9.17, 15) is 5.11 Å². The van der Waals surface area contributed by atoms with E-state index in [1.807, 2.05) is 0 Å². The maximum Gasteiger partial charge on any atom is 0.0674 e. The summed E-state index contributed by atoms with van der Waals surface area (Å²) in [6, 6.07) is 0.647. The standard InChI is InChI=1S/C13H27NO/c1-4-10-14-12-6-8-13(15,9-7-12)11(3)5-2/h11-12,14-15H,4-10H2,1-3H3. The Morgan fingerprint density at radius 1 is 1.33 bits per heavy atom. The van der Waals surface area contributed by atoms with Gasteiger partial charge in [-0.25, -0.2) is 0 Å². The third-order valence-corrected chi connectivity index (χ3v) is 4.06. The molecule has 0 heterocycles. The number of nitrogens with one attached hydrogen (secondary N) is 1. The smallest absolute Gasteiger partial charge is 0.0674 e. The van der Waals surface area contributed by atoms with Crippen LogP contribution in [0.15, 0.2) is 0 Å². The van der Waals surface area contributed by atoms with Crippen LogP contribution in [0, 0.1) is 5.92 Å². The summed E-state index contributed by atoms with van der Waals surface area (Å²) in [5, 5.41) is 14.0. The van der Waals surface area contributed by atoms with Gasteiger partial charge in [0.1, 0.15) is 0 Å². The van der Waals surface area contributed by atoms with Crippen molar-refractivity contribution in [1.82, 2.24) is 5.32 Å². The third kappa shape index (κ3) is 3.46. The summed E-state index contributed by atoms with van der Waals surface area (Å²) in [6.07, 6.45) is 6.52. The second kappa shape index (κ2) is 5.86. The summed E-state index contributed by atoms with van der Waals surface area (Å²) in [5.74, 6) is 0.449. The number of rotatable bonds is 5. The molecule has 2 N–H and O–H groups in total. The molecule has 1 unspecified atom stereocenters. The minimum atomic E-state index is -0.376. The van der Waals surface area contributed by atoms with E-state index in [-0.39, 0.29) is 5.60 Å². The van der Waals surface area contributed by atoms with Crippen LogP contribution in [-0.4, -0.2) is 23.3 Å². The fourth-order valence-corrected chi connectivity index (χ4v) is 2.54. The number of hydrogen-bond acceptors (Lipinski definition) is 2. The summed E-state index contributed by atoms with van der Waals surface area (Å²) in [7, 11) is 0. The van der Waals surface area contributed by atoms with E-state index >= 15 is 0 Å². The molecule has 1 saturated carbocycles. The molecule has 0 aromatic carbocycles. The summed E-state index contributed by atoms with van der Waals surface area (Å²) in [6.45, 7) is 7.67. The van der Waals surface area contributed by atoms with Crippen LogP contribution in [0.25, 0.3) is 0 Å². The van der Waals surface area contributed by atoms with Gasteiger partial charge in [-0.3, -0.25) is 0 Å². The van der Waals surface area contributed by atoms with Crippen molar-refractivity contribution < 1.29 is 5.11 Å². The molecule has 0 aromatic heterocycles. The van der Waals surface area contributed by atoms with E-state index in [2.05, 4.69) is 26.1 Å². The van der Waals surface area contributed by atoms with E-state index in [0.717, 1.165) is 38.6 Å². The Kier molecular flexibility index (Phi) is 5.07. The first-order chi connectivity index (χ1) is 7.12. The Hall–Kier alpha value is -0.0800. The van der Waals surface area contributed by atoms with Crippen LogP contribution in [0.3, 0.4) is 0 Å². The molecule has 2 nitrogen and oxygen atoms in total. The van der Waals surface area contributed by atoms with Crippen LogP contribution >= 0.6 is 0 Å². The molecule has 0 bridgehead atoms. The van der Waals surface area contributed by atoms with Gasteiger partial charge >= 0.3 is 0 Å². The van der Waals surface area contributed by atoms with Gasteiger partial charge in [0.2, 0.25) is 0 Å². The van der Waals surface area contributed by atoms with E-state index < -0.39 is 0 Å². The van der Waals surface area contributed by atoms with Crippen LogP contribution < -0.4 is 5.32 Å². The number of aliphatic hydroxyl groups is 1. The van der Waals surface area contributed by atoms with Crippen molar-refractivity contribution in [3.8, 4) is 0 Å². The van der Waals surface area contributed by atoms with Crippen LogP contribution in [0.1, 0.15) is 59.3 Å². The molecule has 0 aromatic rings. The summed E-state index contributed by atoms with van der Waals surface area (Å²) in [4.78, 5) is 0. The lowest BCUT2D eigenvalue weighted by atomic mass is 9.74. The van der Waals surface area contributed by atoms with E-state index in [0.29, 0.717) is 12.0 Å². The molecule has 2 heteroatoms. The Labute approximate surface area is 94.5 Å². The van der Waals surface area contributed by atoms with Crippen molar-refractivity contribution in [1.29, 1.82) is 0 Å². The molecule has 0 radical (unpaired) electrons. The summed E-state index contributed by atoms with van der Waals surface area (Å²) in [5.41, 5.74) is -0.376. The first kappa shape index (κ1) is 13.0. The molecular weight excluding hydrogens is 186 g/mol. The van der Waals surface area contributed by atoms with Gasteiger partial charge in [-0.1, -0.05) is 27.2 Å². The average molecular weight is 213 g/mol. The van der Waals surface area contributed by atoms with Crippen molar-refractivity contribution >= 4 is 0 Å². The lowest BCUT2D eigenvalue weighted by Gasteiger charge is -2.40. The van der Waals surface area contributed by atoms with Crippen molar-refractivity contribution in [3.05, 3.63) is 0 Å². The zero-order chi connectivity index (χ0) is 11.3. The van der Waals surface area contributed by atoms with Gasteiger partial charge in [0.05, 0.1) is 5.60 Å². The quantitative estimate of drug-likeness (QED) is 0.736. The molecule has 0 saturated heterocycles. The monoisotopic (exact) mass is 213 g/mol. The lowest BCUT2D eigenvalue weighted by molar-refractivity contribution is -0.0498. The summed E-state index contributed by atoms with van der Waals surface area (Å²) >= 11 is 0. The third-order valence-electron chi connectivity index (χ3n) is 4.06. The predicted octanol–water partition coefficient (Wildman–Crippen LogP) is 2.71. The zero-order valence-electron chi connectivity index (χ0n) is 10.6. The largest absolute Gasteiger partial charge is 0.390 e. The van der Waals surface area contributed by atoms with Gasteiger partial charge in [0.15, 0.2) is 0 Å². The first-order valence-corrected chi connectivity index (χ1v) is 6.58. The molecule has 1 rings (SSSR count). The maximum atomic E-state index is 10.5. The highest BCUT2D eigenvalue weighted by atomic mass is 16.3. The molecule has 1 fully saturated rings. The molecule has 15 heavy (non-hydrogen) atoms. The van der Waals surface area contributed by atoms with E-state index in [1.54, 1.807) is 0 Å². The average Bonchev–Trinajstić information content (AvgIpc) is 2.27. The van der Waals surface area contributed by atoms with Crippen molar-refractivity contribution in [3.63, 3.8) is 0 Å². The van der Waals surface area contributed by atoms with Gasteiger partial charge in [-0.2, -0.15) is 0 Å². The molecule has 0 spiro atoms. The van der Waals surface area contributed by atoms with Crippen LogP contribution in [0.4, 0.5) is 0 Å². The molecule has 1 aliphatic rings. The maximum absolute atomic E-state index is 10.5. The fraction of sp³-hybridized carbons (Fsp3) is 1.00. The normalized spacial score (nSPS) is 34.0. The minimum Gasteiger partial charge on any atom is -0.390 e. The van der Waals surface area contributed by atoms with Crippen molar-refractivity contribution in [2.24, 2.45) is 5.92 Å². The van der Waals surface area contributed by atoms with E-state index in [4.69, 9.17) is 0 Å². The zero-order valence-corrected chi connectivity index (χ0v) is 10.6. The van der Waals surface area contributed by atoms with Gasteiger partial charge in [-0.15, -0.1) is 0 Å². The molecule has 0 aliphatic heterocycles. The number of hydrogen-bond donors (Lipinski definition) is 2. The Morgan fingerprint density at radius 2 is 1.93 bits per heavy atom. The minimum absolute atomic E-state index is 0.376. The Morgan fingerprint density at radius 3 is 2.40 bits per heavy atom. The second-order valence-electron chi connectivity index (χ2n) is 5.14. The van der Waals surface area contributed by atoms with Gasteiger partial charge in [0, 0.05) is 6.04 Å². The lowest BCUT2D eigenvalue weighted by Crippen LogP contribution is -2.45. The molecular formula is C13H27NO. The topological polar surface area (TPSA) is 32.3 Å². The Bertz CT molecular complexity index is 173. The second-order valence-corrected chi connectivity index (χ2v) is 5.14. The van der Waals surface area contributed by atoms with Crippen molar-refractivity contribution in [2.75, 3.05) is 6.54 Å². The Balaban J connectivity index is 2.34. The summed E-state index contributed by atoms with van der Waals surface area (Å²) < 4.78 is 0. The SMILES string of the molecule is CCCNC1CCC(O)(C(C)CC)CC1. The highest BCUT2D eigenvalue weighted by molar-refractivity contribution is 4.91. The van der Waals surface area contributed by atoms with Crippen LogP contribution in [0.5, 0.6) is 0 Å². The van der Waals surface area contributed by atoms with Crippen LogP contribution in [0.2, 0.25) is 0 Å². The molecule has 1 atom stereocenters. The highest BCUT2D eigenvalue weighted by Gasteiger charge is 2.36. The molecule has 1 aliphatic carbocycles. The molecule has 90 valence electrons. The van der Waals surface area contributed by atoms with Gasteiger partial charge in [0.25, 0.3) is 0 Å².